The van der Waals surface area contributed by atoms with E-state index in [9.17, 15) is 14.7 Å². The molecule has 23 heavy (non-hydrogen) atoms. The van der Waals surface area contributed by atoms with Gasteiger partial charge in [0, 0.05) is 17.6 Å². The van der Waals surface area contributed by atoms with Crippen molar-refractivity contribution >= 4 is 29.0 Å². The number of rotatable bonds is 3. The minimum absolute atomic E-state index is 0.342. The lowest BCUT2D eigenvalue weighted by Gasteiger charge is -2.21. The van der Waals surface area contributed by atoms with Crippen LogP contribution in [0, 0.1) is 13.8 Å². The van der Waals surface area contributed by atoms with Gasteiger partial charge in [0.25, 0.3) is 5.91 Å². The summed E-state index contributed by atoms with van der Waals surface area (Å²) in [5.74, 6) is -0.408. The fourth-order valence-corrected chi connectivity index (χ4v) is 3.29. The number of ketones is 1. The third kappa shape index (κ3) is 2.28. The first kappa shape index (κ1) is 15.8. The van der Waals surface area contributed by atoms with Crippen molar-refractivity contribution in [3.05, 3.63) is 51.9 Å². The number of aryl methyl sites for hydroxylation is 2. The zero-order chi connectivity index (χ0) is 16.9. The zero-order valence-electron chi connectivity index (χ0n) is 13.0. The molecule has 0 aliphatic carbocycles. The third-order valence-electron chi connectivity index (χ3n) is 4.28. The first-order valence-corrected chi connectivity index (χ1v) is 7.52. The monoisotopic (exact) mass is 333 g/mol. The second-order valence-corrected chi connectivity index (χ2v) is 6.27. The first-order valence-electron chi connectivity index (χ1n) is 7.14. The van der Waals surface area contributed by atoms with Gasteiger partial charge in [-0.3, -0.25) is 9.59 Å². The maximum atomic E-state index is 12.6. The van der Waals surface area contributed by atoms with Gasteiger partial charge in [-0.15, -0.1) is 0 Å². The van der Waals surface area contributed by atoms with E-state index in [4.69, 9.17) is 16.0 Å². The van der Waals surface area contributed by atoms with Crippen molar-refractivity contribution in [1.82, 2.24) is 0 Å². The molecule has 3 rings (SSSR count). The standard InChI is InChI=1S/C17H16ClNO4/c1-9-8-23-10(2)15(9)14(20)7-17(22)12-6-11(18)4-5-13(12)19(3)16(17)21/h4-6,8,22H,7H2,1-3H3/t17-/m0/s1. The van der Waals surface area contributed by atoms with Crippen LogP contribution in [0.4, 0.5) is 5.69 Å². The molecule has 1 aromatic heterocycles. The van der Waals surface area contributed by atoms with Gasteiger partial charge >= 0.3 is 0 Å². The summed E-state index contributed by atoms with van der Waals surface area (Å²) in [6, 6.07) is 4.83. The number of halogens is 1. The van der Waals surface area contributed by atoms with Gasteiger partial charge in [-0.25, -0.2) is 0 Å². The first-order chi connectivity index (χ1) is 10.8. The molecule has 0 unspecified atom stereocenters. The Kier molecular flexibility index (Phi) is 3.58. The third-order valence-corrected chi connectivity index (χ3v) is 4.51. The van der Waals surface area contributed by atoms with Crippen LogP contribution in [0.5, 0.6) is 0 Å². The van der Waals surface area contributed by atoms with Gasteiger partial charge in [0.15, 0.2) is 11.4 Å². The molecular weight excluding hydrogens is 318 g/mol. The summed E-state index contributed by atoms with van der Waals surface area (Å²) in [4.78, 5) is 26.5. The van der Waals surface area contributed by atoms with Crippen molar-refractivity contribution in [1.29, 1.82) is 0 Å². The molecule has 0 saturated heterocycles. The Bertz CT molecular complexity index is 806. The Morgan fingerprint density at radius 3 is 2.70 bits per heavy atom. The normalized spacial score (nSPS) is 20.0. The SMILES string of the molecule is Cc1coc(C)c1C(=O)C[C@@]1(O)C(=O)N(C)c2ccc(Cl)cc21. The number of hydrogen-bond donors (Lipinski definition) is 1. The number of fused-ring (bicyclic) bond motifs is 1. The molecule has 1 aliphatic heterocycles. The maximum absolute atomic E-state index is 12.6. The van der Waals surface area contributed by atoms with Gasteiger partial charge in [-0.2, -0.15) is 0 Å². The van der Waals surface area contributed by atoms with E-state index in [0.717, 1.165) is 0 Å². The Balaban J connectivity index is 2.04. The molecule has 1 N–H and O–H groups in total. The van der Waals surface area contributed by atoms with E-state index in [2.05, 4.69) is 0 Å². The molecule has 0 saturated carbocycles. The summed E-state index contributed by atoms with van der Waals surface area (Å²) in [6.07, 6.45) is 1.13. The lowest BCUT2D eigenvalue weighted by molar-refractivity contribution is -0.135. The molecule has 1 atom stereocenters. The zero-order valence-corrected chi connectivity index (χ0v) is 13.8. The van der Waals surface area contributed by atoms with Crippen LogP contribution in [0.1, 0.15) is 33.7 Å². The fraction of sp³-hybridized carbons (Fsp3) is 0.294. The van der Waals surface area contributed by atoms with Crippen molar-refractivity contribution in [3.63, 3.8) is 0 Å². The molecule has 0 spiro atoms. The van der Waals surface area contributed by atoms with Crippen molar-refractivity contribution in [2.75, 3.05) is 11.9 Å². The van der Waals surface area contributed by atoms with Gasteiger partial charge in [0.2, 0.25) is 0 Å². The number of Topliss-reactive ketones (excluding diaryl/α,β-unsaturated/α-hetero) is 1. The molecule has 6 heteroatoms. The molecule has 1 aliphatic rings. The predicted molar refractivity (Wildman–Crippen MR) is 85.9 cm³/mol. The molecule has 5 nitrogen and oxygen atoms in total. The highest BCUT2D eigenvalue weighted by Gasteiger charge is 2.50. The molecule has 0 bridgehead atoms. The van der Waals surface area contributed by atoms with Gasteiger partial charge < -0.3 is 14.4 Å². The average Bonchev–Trinajstić information content (AvgIpc) is 2.91. The van der Waals surface area contributed by atoms with Crippen LogP contribution in [-0.4, -0.2) is 23.8 Å². The summed E-state index contributed by atoms with van der Waals surface area (Å²) in [6.45, 7) is 3.43. The van der Waals surface area contributed by atoms with E-state index in [1.165, 1.54) is 17.2 Å². The minimum atomic E-state index is -1.91. The predicted octanol–water partition coefficient (Wildman–Crippen LogP) is 2.99. The maximum Gasteiger partial charge on any atom is 0.263 e. The lowest BCUT2D eigenvalue weighted by atomic mass is 9.87. The molecular formula is C17H16ClNO4. The Morgan fingerprint density at radius 2 is 2.09 bits per heavy atom. The number of hydrogen-bond acceptors (Lipinski definition) is 4. The summed E-state index contributed by atoms with van der Waals surface area (Å²) < 4.78 is 5.23. The van der Waals surface area contributed by atoms with E-state index in [-0.39, 0.29) is 12.2 Å². The summed E-state index contributed by atoms with van der Waals surface area (Å²) >= 11 is 5.99. The quantitative estimate of drug-likeness (QED) is 0.877. The highest BCUT2D eigenvalue weighted by atomic mass is 35.5. The topological polar surface area (TPSA) is 70.7 Å². The number of carbonyl (C=O) groups is 2. The average molecular weight is 334 g/mol. The van der Waals surface area contributed by atoms with E-state index in [0.29, 0.717) is 33.2 Å². The molecule has 1 aromatic carbocycles. The van der Waals surface area contributed by atoms with E-state index in [1.807, 2.05) is 0 Å². The van der Waals surface area contributed by atoms with Gasteiger partial charge in [-0.1, -0.05) is 11.6 Å². The summed E-state index contributed by atoms with van der Waals surface area (Å²) in [5, 5.41) is 11.4. The van der Waals surface area contributed by atoms with Crippen LogP contribution in [0.3, 0.4) is 0 Å². The Hall–Kier alpha value is -2.11. The van der Waals surface area contributed by atoms with E-state index >= 15 is 0 Å². The smallest absolute Gasteiger partial charge is 0.263 e. The van der Waals surface area contributed by atoms with Gasteiger partial charge in [0.05, 0.1) is 23.9 Å². The Labute approximate surface area is 138 Å². The number of likely N-dealkylation sites (N-methyl/N-ethyl adjacent to an activating group) is 1. The number of carbonyl (C=O) groups excluding carboxylic acids is 2. The van der Waals surface area contributed by atoms with Crippen molar-refractivity contribution < 1.29 is 19.1 Å². The van der Waals surface area contributed by atoms with Crippen LogP contribution < -0.4 is 4.90 Å². The number of amides is 1. The van der Waals surface area contributed by atoms with Crippen molar-refractivity contribution in [2.24, 2.45) is 0 Å². The van der Waals surface area contributed by atoms with E-state index in [1.54, 1.807) is 33.0 Å². The van der Waals surface area contributed by atoms with Crippen LogP contribution in [0.25, 0.3) is 0 Å². The fourth-order valence-electron chi connectivity index (χ4n) is 3.11. The lowest BCUT2D eigenvalue weighted by Crippen LogP contribution is -2.40. The van der Waals surface area contributed by atoms with E-state index < -0.39 is 11.5 Å². The minimum Gasteiger partial charge on any atom is -0.469 e. The highest BCUT2D eigenvalue weighted by Crippen LogP contribution is 2.43. The molecule has 2 heterocycles. The molecule has 0 fully saturated rings. The van der Waals surface area contributed by atoms with Gasteiger partial charge in [0.1, 0.15) is 5.76 Å². The number of benzene rings is 1. The Morgan fingerprint density at radius 1 is 1.39 bits per heavy atom. The van der Waals surface area contributed by atoms with Gasteiger partial charge in [-0.05, 0) is 37.6 Å². The number of anilines is 1. The number of nitrogens with zero attached hydrogens (tertiary/aromatic N) is 1. The molecule has 120 valence electrons. The summed E-state index contributed by atoms with van der Waals surface area (Å²) in [7, 11) is 1.56. The van der Waals surface area contributed by atoms with Crippen LogP contribution >= 0.6 is 11.6 Å². The van der Waals surface area contributed by atoms with Crippen molar-refractivity contribution in [3.8, 4) is 0 Å². The highest BCUT2D eigenvalue weighted by molar-refractivity contribution is 6.31. The summed E-state index contributed by atoms with van der Waals surface area (Å²) in [5.41, 5.74) is 0.0768. The molecule has 0 radical (unpaired) electrons. The largest absolute Gasteiger partial charge is 0.469 e. The van der Waals surface area contributed by atoms with Crippen LogP contribution in [-0.2, 0) is 10.4 Å². The second kappa shape index (κ2) is 5.22. The van der Waals surface area contributed by atoms with Crippen LogP contribution in [0.15, 0.2) is 28.9 Å². The second-order valence-electron chi connectivity index (χ2n) is 5.84. The number of furan rings is 1. The van der Waals surface area contributed by atoms with Crippen molar-refractivity contribution in [2.45, 2.75) is 25.9 Å². The molecule has 1 amide bonds. The number of aliphatic hydroxyl groups is 1. The van der Waals surface area contributed by atoms with Crippen LogP contribution in [0.2, 0.25) is 5.02 Å². The molecule has 2 aromatic rings.